The fourth-order valence-electron chi connectivity index (χ4n) is 3.84. The van der Waals surface area contributed by atoms with Crippen molar-refractivity contribution in [3.8, 4) is 11.4 Å². The van der Waals surface area contributed by atoms with Crippen LogP contribution in [-0.2, 0) is 20.2 Å². The van der Waals surface area contributed by atoms with E-state index >= 15 is 0 Å². The number of hydrogen-bond acceptors (Lipinski definition) is 7. The minimum atomic E-state index is -4.17. The molecule has 5 aromatic rings. The monoisotopic (exact) mass is 505 g/mol. The summed E-state index contributed by atoms with van der Waals surface area (Å²) in [5, 5.41) is 15.1. The molecule has 0 radical (unpaired) electrons. The van der Waals surface area contributed by atoms with E-state index in [0.717, 1.165) is 10.9 Å². The Hall–Kier alpha value is -4.02. The van der Waals surface area contributed by atoms with Crippen molar-refractivity contribution in [2.24, 2.45) is 0 Å². The number of aromatic nitrogens is 2. The van der Waals surface area contributed by atoms with Crippen LogP contribution in [0.5, 0.6) is 0 Å². The van der Waals surface area contributed by atoms with Crippen molar-refractivity contribution in [2.75, 3.05) is 0 Å². The molecule has 36 heavy (non-hydrogen) atoms. The van der Waals surface area contributed by atoms with Gasteiger partial charge >= 0.3 is 5.97 Å². The van der Waals surface area contributed by atoms with Crippen LogP contribution in [0.1, 0.15) is 38.3 Å². The van der Waals surface area contributed by atoms with Gasteiger partial charge < -0.3 is 14.0 Å². The van der Waals surface area contributed by atoms with Crippen molar-refractivity contribution in [1.82, 2.24) is 14.9 Å². The number of fused-ring (bicyclic) bond motifs is 3. The molecule has 0 unspecified atom stereocenters. The normalized spacial score (nSPS) is 13.3. The number of nitrogens with zero attached hydrogens (tertiary/aromatic N) is 2. The number of furan rings is 1. The Balaban J connectivity index is 1.51. The molecule has 0 bridgehead atoms. The summed E-state index contributed by atoms with van der Waals surface area (Å²) in [4.78, 5) is 16.2. The van der Waals surface area contributed by atoms with E-state index in [-0.39, 0.29) is 10.3 Å². The molecule has 0 aliphatic carbocycles. The maximum atomic E-state index is 13.1. The zero-order valence-electron chi connectivity index (χ0n) is 19.7. The Morgan fingerprint density at radius 2 is 1.72 bits per heavy atom. The molecule has 184 valence electrons. The first-order valence-corrected chi connectivity index (χ1v) is 12.6. The number of aliphatic carboxylic acids is 1. The van der Waals surface area contributed by atoms with Crippen molar-refractivity contribution in [2.45, 2.75) is 37.1 Å². The van der Waals surface area contributed by atoms with Crippen molar-refractivity contribution in [3.05, 3.63) is 78.2 Å². The molecule has 0 fully saturated rings. The molecule has 0 aliphatic rings. The van der Waals surface area contributed by atoms with E-state index in [4.69, 9.17) is 8.94 Å². The second-order valence-electron chi connectivity index (χ2n) is 9.45. The van der Waals surface area contributed by atoms with Crippen LogP contribution in [0.2, 0.25) is 0 Å². The molecular weight excluding hydrogens is 482 g/mol. The van der Waals surface area contributed by atoms with Gasteiger partial charge in [-0.1, -0.05) is 56.3 Å². The number of carboxylic acid groups (broad SMARTS) is 1. The number of rotatable bonds is 6. The van der Waals surface area contributed by atoms with E-state index in [1.54, 1.807) is 48.5 Å². The third-order valence-corrected chi connectivity index (χ3v) is 7.15. The Morgan fingerprint density at radius 3 is 2.39 bits per heavy atom. The van der Waals surface area contributed by atoms with Crippen molar-refractivity contribution >= 4 is 37.9 Å². The average Bonchev–Trinajstić information content (AvgIpc) is 3.47. The summed E-state index contributed by atoms with van der Waals surface area (Å²) < 4.78 is 39.7. The Bertz CT molecular complexity index is 1700. The molecule has 3 aromatic carbocycles. The largest absolute Gasteiger partial charge is 0.480 e. The zero-order valence-corrected chi connectivity index (χ0v) is 20.5. The van der Waals surface area contributed by atoms with E-state index in [0.29, 0.717) is 33.8 Å². The van der Waals surface area contributed by atoms with Gasteiger partial charge in [0.05, 0.1) is 4.90 Å². The fourth-order valence-corrected chi connectivity index (χ4v) is 5.03. The highest BCUT2D eigenvalue weighted by molar-refractivity contribution is 7.89. The molecule has 0 spiro atoms. The lowest BCUT2D eigenvalue weighted by molar-refractivity contribution is -0.139. The summed E-state index contributed by atoms with van der Waals surface area (Å²) in [6.07, 6.45) is 0. The highest BCUT2D eigenvalue weighted by Crippen LogP contribution is 2.34. The molecule has 0 amide bonds. The minimum absolute atomic E-state index is 0.107. The van der Waals surface area contributed by atoms with Gasteiger partial charge in [-0.05, 0) is 35.9 Å². The minimum Gasteiger partial charge on any atom is -0.480 e. The fraction of sp³-hybridized carbons (Fsp3) is 0.192. The number of carbonyl (C=O) groups is 1. The Labute approximate surface area is 206 Å². The molecule has 0 saturated carbocycles. The van der Waals surface area contributed by atoms with Crippen LogP contribution in [0, 0.1) is 0 Å². The molecule has 2 heterocycles. The molecule has 0 aliphatic heterocycles. The van der Waals surface area contributed by atoms with Gasteiger partial charge in [0.1, 0.15) is 17.2 Å². The first-order chi connectivity index (χ1) is 17.0. The third-order valence-electron chi connectivity index (χ3n) is 5.73. The first-order valence-electron chi connectivity index (χ1n) is 11.1. The van der Waals surface area contributed by atoms with Crippen molar-refractivity contribution < 1.29 is 27.3 Å². The van der Waals surface area contributed by atoms with Gasteiger partial charge in [0.25, 0.3) is 0 Å². The number of nitrogens with one attached hydrogen (secondary N) is 1. The van der Waals surface area contributed by atoms with E-state index < -0.39 is 22.0 Å². The lowest BCUT2D eigenvalue weighted by Gasteiger charge is -2.15. The topological polar surface area (TPSA) is 136 Å². The van der Waals surface area contributed by atoms with Gasteiger partial charge in [0, 0.05) is 27.8 Å². The van der Waals surface area contributed by atoms with Gasteiger partial charge in [-0.15, -0.1) is 0 Å². The van der Waals surface area contributed by atoms with Gasteiger partial charge in [-0.2, -0.15) is 9.71 Å². The molecule has 10 heteroatoms. The van der Waals surface area contributed by atoms with Crippen molar-refractivity contribution in [3.63, 3.8) is 0 Å². The average molecular weight is 506 g/mol. The van der Waals surface area contributed by atoms with Crippen LogP contribution in [-0.4, -0.2) is 29.6 Å². The first kappa shape index (κ1) is 23.7. The molecule has 1 atom stereocenters. The number of sulfonamides is 1. The maximum Gasteiger partial charge on any atom is 0.326 e. The maximum absolute atomic E-state index is 13.1. The molecule has 5 rings (SSSR count). The molecular formula is C26H23N3O6S. The summed E-state index contributed by atoms with van der Waals surface area (Å²) in [5.74, 6) is -0.342. The van der Waals surface area contributed by atoms with Crippen LogP contribution in [0.3, 0.4) is 0 Å². The summed E-state index contributed by atoms with van der Waals surface area (Å²) in [7, 11) is -4.17. The highest BCUT2D eigenvalue weighted by Gasteiger charge is 2.28. The summed E-state index contributed by atoms with van der Waals surface area (Å²) in [6, 6.07) is 16.5. The summed E-state index contributed by atoms with van der Waals surface area (Å²) in [6.45, 7) is 5.95. The summed E-state index contributed by atoms with van der Waals surface area (Å²) in [5.41, 5.74) is 1.67. The standard InChI is InChI=1S/C26H23N3O6S/c1-26(2,3)25-27-23(28-35-25)16-9-12-20-19(13-16)18-11-10-17(14-21(18)34-20)36(32,33)29-22(24(30)31)15-7-5-4-6-8-15/h4-14,22,29H,1-3H3,(H,30,31)/t22-/m1/s1. The van der Waals surface area contributed by atoms with Crippen LogP contribution >= 0.6 is 0 Å². The van der Waals surface area contributed by atoms with E-state index in [1.165, 1.54) is 12.1 Å². The van der Waals surface area contributed by atoms with Gasteiger partial charge in [-0.3, -0.25) is 4.79 Å². The quantitative estimate of drug-likeness (QED) is 0.328. The molecule has 9 nitrogen and oxygen atoms in total. The van der Waals surface area contributed by atoms with Gasteiger partial charge in [0.15, 0.2) is 0 Å². The number of carboxylic acids is 1. The second kappa shape index (κ2) is 8.58. The lowest BCUT2D eigenvalue weighted by atomic mass is 9.97. The Kier molecular flexibility index (Phi) is 5.65. The van der Waals surface area contributed by atoms with Gasteiger partial charge in [0.2, 0.25) is 21.7 Å². The molecule has 0 saturated heterocycles. The van der Waals surface area contributed by atoms with Crippen LogP contribution in [0.15, 0.2) is 80.6 Å². The van der Waals surface area contributed by atoms with Crippen LogP contribution in [0.25, 0.3) is 33.3 Å². The van der Waals surface area contributed by atoms with E-state index in [9.17, 15) is 18.3 Å². The SMILES string of the molecule is CC(C)(C)c1nc(-c2ccc3oc4cc(S(=O)(=O)N[C@@H](C(=O)O)c5ccccc5)ccc4c3c2)no1. The third kappa shape index (κ3) is 4.36. The predicted octanol–water partition coefficient (Wildman–Crippen LogP) is 5.04. The lowest BCUT2D eigenvalue weighted by Crippen LogP contribution is -2.33. The Morgan fingerprint density at radius 1 is 0.972 bits per heavy atom. The molecule has 2 N–H and O–H groups in total. The number of benzene rings is 3. The van der Waals surface area contributed by atoms with Gasteiger partial charge in [-0.25, -0.2) is 8.42 Å². The smallest absolute Gasteiger partial charge is 0.326 e. The van der Waals surface area contributed by atoms with E-state index in [2.05, 4.69) is 14.9 Å². The zero-order chi connectivity index (χ0) is 25.7. The summed E-state index contributed by atoms with van der Waals surface area (Å²) >= 11 is 0. The van der Waals surface area contributed by atoms with E-state index in [1.807, 2.05) is 26.8 Å². The van der Waals surface area contributed by atoms with Crippen LogP contribution < -0.4 is 4.72 Å². The number of hydrogen-bond donors (Lipinski definition) is 2. The predicted molar refractivity (Wildman–Crippen MR) is 133 cm³/mol. The van der Waals surface area contributed by atoms with Crippen molar-refractivity contribution in [1.29, 1.82) is 0 Å². The van der Waals surface area contributed by atoms with Crippen LogP contribution in [0.4, 0.5) is 0 Å². The highest BCUT2D eigenvalue weighted by atomic mass is 32.2. The second-order valence-corrected chi connectivity index (χ2v) is 11.2. The molecule has 2 aromatic heterocycles.